The Bertz CT molecular complexity index is 471. The molecule has 1 aliphatic heterocycles. The molecular formula is C15H21FN2O2. The molecule has 2 N–H and O–H groups in total. The Morgan fingerprint density at radius 3 is 2.75 bits per heavy atom. The molecule has 0 unspecified atom stereocenters. The molecule has 5 heteroatoms. The third kappa shape index (κ3) is 4.20. The second kappa shape index (κ2) is 6.70. The van der Waals surface area contributed by atoms with Crippen LogP contribution in [0.5, 0.6) is 5.75 Å². The summed E-state index contributed by atoms with van der Waals surface area (Å²) in [5.74, 6) is -0.315. The van der Waals surface area contributed by atoms with Gasteiger partial charge in [-0.25, -0.2) is 4.39 Å². The monoisotopic (exact) mass is 280 g/mol. The van der Waals surface area contributed by atoms with Gasteiger partial charge in [0.05, 0.1) is 0 Å². The summed E-state index contributed by atoms with van der Waals surface area (Å²) in [7, 11) is 0. The summed E-state index contributed by atoms with van der Waals surface area (Å²) >= 11 is 0. The molecule has 1 heterocycles. The summed E-state index contributed by atoms with van der Waals surface area (Å²) in [5, 5.41) is 12.0. The summed E-state index contributed by atoms with van der Waals surface area (Å²) in [6, 6.07) is 4.54. The van der Waals surface area contributed by atoms with Crippen molar-refractivity contribution in [1.29, 1.82) is 0 Å². The van der Waals surface area contributed by atoms with Crippen LogP contribution in [0.3, 0.4) is 0 Å². The first-order chi connectivity index (χ1) is 9.54. The van der Waals surface area contributed by atoms with Crippen LogP contribution in [-0.4, -0.2) is 35.5 Å². The molecule has 20 heavy (non-hydrogen) atoms. The van der Waals surface area contributed by atoms with Gasteiger partial charge in [-0.05, 0) is 49.5 Å². The number of amides is 1. The minimum Gasteiger partial charge on any atom is -0.505 e. The van der Waals surface area contributed by atoms with E-state index >= 15 is 0 Å². The molecule has 1 amide bonds. The number of benzene rings is 1. The number of likely N-dealkylation sites (tertiary alicyclic amines) is 1. The first kappa shape index (κ1) is 14.8. The van der Waals surface area contributed by atoms with Gasteiger partial charge in [0.1, 0.15) is 0 Å². The zero-order valence-electron chi connectivity index (χ0n) is 11.7. The second-order valence-corrected chi connectivity index (χ2v) is 5.44. The number of nitrogens with one attached hydrogen (secondary N) is 1. The van der Waals surface area contributed by atoms with Crippen LogP contribution in [0.2, 0.25) is 0 Å². The Kier molecular flexibility index (Phi) is 4.95. The van der Waals surface area contributed by atoms with Gasteiger partial charge in [-0.2, -0.15) is 0 Å². The van der Waals surface area contributed by atoms with Gasteiger partial charge >= 0.3 is 0 Å². The van der Waals surface area contributed by atoms with Crippen LogP contribution < -0.4 is 5.32 Å². The minimum absolute atomic E-state index is 0.0204. The number of phenols is 1. The molecule has 1 aromatic carbocycles. The van der Waals surface area contributed by atoms with Gasteiger partial charge in [-0.3, -0.25) is 9.69 Å². The van der Waals surface area contributed by atoms with Crippen LogP contribution >= 0.6 is 0 Å². The molecule has 0 radical (unpaired) electrons. The van der Waals surface area contributed by atoms with Crippen molar-refractivity contribution in [3.05, 3.63) is 29.6 Å². The van der Waals surface area contributed by atoms with Crippen LogP contribution in [0.15, 0.2) is 18.2 Å². The summed E-state index contributed by atoms with van der Waals surface area (Å²) in [5.41, 5.74) is 0.876. The fraction of sp³-hybridized carbons (Fsp3) is 0.533. The summed E-state index contributed by atoms with van der Waals surface area (Å²) < 4.78 is 13.3. The number of rotatable bonds is 4. The van der Waals surface area contributed by atoms with E-state index < -0.39 is 5.82 Å². The zero-order valence-corrected chi connectivity index (χ0v) is 11.7. The van der Waals surface area contributed by atoms with E-state index in [0.29, 0.717) is 12.5 Å². The van der Waals surface area contributed by atoms with Crippen molar-refractivity contribution in [2.45, 2.75) is 26.3 Å². The van der Waals surface area contributed by atoms with Gasteiger partial charge in [0.2, 0.25) is 5.91 Å². The van der Waals surface area contributed by atoms with Crippen LogP contribution in [0.1, 0.15) is 25.3 Å². The van der Waals surface area contributed by atoms with Crippen molar-refractivity contribution in [2.75, 3.05) is 19.6 Å². The van der Waals surface area contributed by atoms with Crippen LogP contribution in [0, 0.1) is 11.7 Å². The van der Waals surface area contributed by atoms with Gasteiger partial charge in [-0.15, -0.1) is 0 Å². The number of aromatic hydroxyl groups is 1. The van der Waals surface area contributed by atoms with E-state index in [1.165, 1.54) is 19.1 Å². The van der Waals surface area contributed by atoms with Crippen LogP contribution in [-0.2, 0) is 11.3 Å². The molecule has 0 bridgehead atoms. The number of carbonyl (C=O) groups excluding carboxylic acids is 1. The molecule has 1 aromatic rings. The number of phenolic OH excluding ortho intramolecular Hbond substituents is 1. The normalized spacial score (nSPS) is 17.1. The SMILES string of the molecule is CC(=O)NCC1CCN(Cc2ccc(O)c(F)c2)CC1. The predicted molar refractivity (Wildman–Crippen MR) is 74.7 cm³/mol. The van der Waals surface area contributed by atoms with Gasteiger partial charge in [-0.1, -0.05) is 6.07 Å². The number of halogens is 1. The maximum atomic E-state index is 13.3. The molecule has 1 fully saturated rings. The Labute approximate surface area is 118 Å². The molecule has 0 aliphatic carbocycles. The van der Waals surface area contributed by atoms with Gasteiger partial charge in [0.15, 0.2) is 11.6 Å². The first-order valence-electron chi connectivity index (χ1n) is 6.99. The third-order valence-corrected chi connectivity index (χ3v) is 3.77. The van der Waals surface area contributed by atoms with E-state index in [0.717, 1.165) is 38.0 Å². The highest BCUT2D eigenvalue weighted by atomic mass is 19.1. The molecule has 2 rings (SSSR count). The lowest BCUT2D eigenvalue weighted by molar-refractivity contribution is -0.119. The summed E-state index contributed by atoms with van der Waals surface area (Å²) in [6.07, 6.45) is 2.09. The Morgan fingerprint density at radius 1 is 1.45 bits per heavy atom. The smallest absolute Gasteiger partial charge is 0.216 e. The number of hydrogen-bond acceptors (Lipinski definition) is 3. The maximum absolute atomic E-state index is 13.3. The molecule has 0 saturated carbocycles. The highest BCUT2D eigenvalue weighted by molar-refractivity contribution is 5.72. The number of nitrogens with zero attached hydrogens (tertiary/aromatic N) is 1. The zero-order chi connectivity index (χ0) is 14.5. The molecule has 4 nitrogen and oxygen atoms in total. The molecule has 1 saturated heterocycles. The number of carbonyl (C=O) groups is 1. The van der Waals surface area contributed by atoms with Crippen molar-refractivity contribution in [1.82, 2.24) is 10.2 Å². The molecule has 110 valence electrons. The summed E-state index contributed by atoms with van der Waals surface area (Å²) in [4.78, 5) is 13.1. The van der Waals surface area contributed by atoms with Gasteiger partial charge in [0.25, 0.3) is 0 Å². The van der Waals surface area contributed by atoms with Crippen molar-refractivity contribution >= 4 is 5.91 Å². The van der Waals surface area contributed by atoms with Gasteiger partial charge < -0.3 is 10.4 Å². The molecule has 0 spiro atoms. The van der Waals surface area contributed by atoms with Crippen LogP contribution in [0.25, 0.3) is 0 Å². The van der Waals surface area contributed by atoms with E-state index in [-0.39, 0.29) is 11.7 Å². The fourth-order valence-corrected chi connectivity index (χ4v) is 2.54. The number of hydrogen-bond donors (Lipinski definition) is 2. The van der Waals surface area contributed by atoms with Crippen molar-refractivity contribution < 1.29 is 14.3 Å². The molecular weight excluding hydrogens is 259 g/mol. The Morgan fingerprint density at radius 2 is 2.15 bits per heavy atom. The number of piperidine rings is 1. The Balaban J connectivity index is 1.79. The minimum atomic E-state index is -0.567. The molecule has 0 atom stereocenters. The highest BCUT2D eigenvalue weighted by Crippen LogP contribution is 2.21. The van der Waals surface area contributed by atoms with Crippen molar-refractivity contribution in [3.63, 3.8) is 0 Å². The molecule has 1 aliphatic rings. The lowest BCUT2D eigenvalue weighted by atomic mass is 9.96. The lowest BCUT2D eigenvalue weighted by Crippen LogP contribution is -2.37. The van der Waals surface area contributed by atoms with Crippen molar-refractivity contribution in [3.8, 4) is 5.75 Å². The second-order valence-electron chi connectivity index (χ2n) is 5.44. The largest absolute Gasteiger partial charge is 0.505 e. The van der Waals surface area contributed by atoms with E-state index in [1.54, 1.807) is 6.07 Å². The third-order valence-electron chi connectivity index (χ3n) is 3.77. The average molecular weight is 280 g/mol. The fourth-order valence-electron chi connectivity index (χ4n) is 2.54. The van der Waals surface area contributed by atoms with E-state index in [1.807, 2.05) is 0 Å². The van der Waals surface area contributed by atoms with Gasteiger partial charge in [0, 0.05) is 20.0 Å². The maximum Gasteiger partial charge on any atom is 0.216 e. The highest BCUT2D eigenvalue weighted by Gasteiger charge is 2.19. The predicted octanol–water partition coefficient (Wildman–Crippen LogP) is 1.88. The molecule has 0 aromatic heterocycles. The Hall–Kier alpha value is -1.62. The average Bonchev–Trinajstić information content (AvgIpc) is 2.42. The first-order valence-corrected chi connectivity index (χ1v) is 6.99. The van der Waals surface area contributed by atoms with E-state index in [4.69, 9.17) is 5.11 Å². The standard InChI is InChI=1S/C15H21FN2O2/c1-11(19)17-9-12-4-6-18(7-5-12)10-13-2-3-15(20)14(16)8-13/h2-3,8,12,20H,4-7,9-10H2,1H3,(H,17,19). The quantitative estimate of drug-likeness (QED) is 0.885. The van der Waals surface area contributed by atoms with E-state index in [9.17, 15) is 9.18 Å². The van der Waals surface area contributed by atoms with E-state index in [2.05, 4.69) is 10.2 Å². The van der Waals surface area contributed by atoms with Crippen LogP contribution in [0.4, 0.5) is 4.39 Å². The topological polar surface area (TPSA) is 52.6 Å². The van der Waals surface area contributed by atoms with Crippen molar-refractivity contribution in [2.24, 2.45) is 5.92 Å². The lowest BCUT2D eigenvalue weighted by Gasteiger charge is -2.32. The summed E-state index contributed by atoms with van der Waals surface area (Å²) in [6.45, 7) is 4.88.